The van der Waals surface area contributed by atoms with Gasteiger partial charge in [-0.05, 0) is 17.7 Å². The SMILES string of the molecule is O=C(CNCc1nccn1Cc1ccccc1)N1CCN(c2ccccc2)CC1. The van der Waals surface area contributed by atoms with Gasteiger partial charge in [0.15, 0.2) is 0 Å². The van der Waals surface area contributed by atoms with Gasteiger partial charge in [0.05, 0.1) is 13.1 Å². The summed E-state index contributed by atoms with van der Waals surface area (Å²) < 4.78 is 2.12. The zero-order valence-electron chi connectivity index (χ0n) is 16.6. The maximum Gasteiger partial charge on any atom is 0.236 e. The lowest BCUT2D eigenvalue weighted by Crippen LogP contribution is -2.50. The summed E-state index contributed by atoms with van der Waals surface area (Å²) >= 11 is 0. The Kier molecular flexibility index (Phi) is 6.22. The standard InChI is InChI=1S/C23H27N5O/c29-23(27-15-13-26(14-16-27)21-9-5-2-6-10-21)18-24-17-22-25-11-12-28(22)19-20-7-3-1-4-8-20/h1-12,24H,13-19H2. The van der Waals surface area contributed by atoms with Gasteiger partial charge in [-0.3, -0.25) is 4.79 Å². The van der Waals surface area contributed by atoms with Crippen LogP contribution in [0.5, 0.6) is 0 Å². The van der Waals surface area contributed by atoms with Gasteiger partial charge in [-0.1, -0.05) is 48.5 Å². The minimum atomic E-state index is 0.152. The summed E-state index contributed by atoms with van der Waals surface area (Å²) in [7, 11) is 0. The van der Waals surface area contributed by atoms with E-state index in [9.17, 15) is 4.79 Å². The van der Waals surface area contributed by atoms with E-state index in [4.69, 9.17) is 0 Å². The molecule has 6 nitrogen and oxygen atoms in total. The van der Waals surface area contributed by atoms with Gasteiger partial charge in [0.25, 0.3) is 0 Å². The molecule has 0 spiro atoms. The van der Waals surface area contributed by atoms with E-state index in [1.165, 1.54) is 11.3 Å². The smallest absolute Gasteiger partial charge is 0.236 e. The number of aromatic nitrogens is 2. The molecule has 1 N–H and O–H groups in total. The average Bonchev–Trinajstić information content (AvgIpc) is 3.22. The van der Waals surface area contributed by atoms with Gasteiger partial charge in [-0.25, -0.2) is 4.98 Å². The molecule has 0 bridgehead atoms. The van der Waals surface area contributed by atoms with Crippen molar-refractivity contribution >= 4 is 11.6 Å². The third-order valence-corrected chi connectivity index (χ3v) is 5.31. The molecule has 0 unspecified atom stereocenters. The van der Waals surface area contributed by atoms with E-state index in [0.717, 1.165) is 38.5 Å². The van der Waals surface area contributed by atoms with Crippen LogP contribution >= 0.6 is 0 Å². The average molecular weight is 390 g/mol. The molecular weight excluding hydrogens is 362 g/mol. The molecule has 0 atom stereocenters. The predicted octanol–water partition coefficient (Wildman–Crippen LogP) is 2.37. The largest absolute Gasteiger partial charge is 0.368 e. The first-order valence-electron chi connectivity index (χ1n) is 10.1. The Balaban J connectivity index is 1.23. The summed E-state index contributed by atoms with van der Waals surface area (Å²) in [6.07, 6.45) is 3.79. The van der Waals surface area contributed by atoms with Crippen LogP contribution < -0.4 is 10.2 Å². The minimum absolute atomic E-state index is 0.152. The summed E-state index contributed by atoms with van der Waals surface area (Å²) in [6, 6.07) is 20.7. The lowest BCUT2D eigenvalue weighted by Gasteiger charge is -2.36. The monoisotopic (exact) mass is 389 g/mol. The molecule has 3 aromatic rings. The molecule has 1 aliphatic rings. The second-order valence-electron chi connectivity index (χ2n) is 7.26. The lowest BCUT2D eigenvalue weighted by molar-refractivity contribution is -0.130. The Morgan fingerprint density at radius 1 is 0.931 bits per heavy atom. The van der Waals surface area contributed by atoms with Gasteiger partial charge >= 0.3 is 0 Å². The van der Waals surface area contributed by atoms with E-state index < -0.39 is 0 Å². The normalized spacial score (nSPS) is 14.2. The van der Waals surface area contributed by atoms with Crippen molar-refractivity contribution in [3.63, 3.8) is 0 Å². The fourth-order valence-electron chi connectivity index (χ4n) is 3.68. The van der Waals surface area contributed by atoms with Crippen LogP contribution in [0.4, 0.5) is 5.69 Å². The highest BCUT2D eigenvalue weighted by Gasteiger charge is 2.20. The Labute approximate surface area is 171 Å². The van der Waals surface area contributed by atoms with Gasteiger partial charge < -0.3 is 19.7 Å². The molecule has 0 radical (unpaired) electrons. The van der Waals surface area contributed by atoms with Crippen LogP contribution in [0.3, 0.4) is 0 Å². The van der Waals surface area contributed by atoms with Crippen LogP contribution in [0, 0.1) is 0 Å². The third-order valence-electron chi connectivity index (χ3n) is 5.31. The molecule has 1 amide bonds. The molecule has 1 saturated heterocycles. The fourth-order valence-corrected chi connectivity index (χ4v) is 3.68. The molecule has 29 heavy (non-hydrogen) atoms. The first kappa shape index (κ1) is 19.2. The Hall–Kier alpha value is -3.12. The maximum atomic E-state index is 12.6. The van der Waals surface area contributed by atoms with Gasteiger partial charge in [0.2, 0.25) is 5.91 Å². The number of nitrogens with one attached hydrogen (secondary N) is 1. The molecule has 2 heterocycles. The van der Waals surface area contributed by atoms with E-state index in [1.54, 1.807) is 0 Å². The number of piperazine rings is 1. The summed E-state index contributed by atoms with van der Waals surface area (Å²) in [5.74, 6) is 1.09. The molecule has 4 rings (SSSR count). The zero-order chi connectivity index (χ0) is 19.9. The van der Waals surface area contributed by atoms with Crippen molar-refractivity contribution in [2.24, 2.45) is 0 Å². The molecule has 6 heteroatoms. The van der Waals surface area contributed by atoms with E-state index in [0.29, 0.717) is 13.1 Å². The van der Waals surface area contributed by atoms with E-state index in [2.05, 4.69) is 56.2 Å². The summed E-state index contributed by atoms with van der Waals surface area (Å²) in [5, 5.41) is 3.27. The molecule has 2 aromatic carbocycles. The first-order chi connectivity index (χ1) is 14.3. The van der Waals surface area contributed by atoms with E-state index >= 15 is 0 Å². The van der Waals surface area contributed by atoms with Gasteiger partial charge in [-0.15, -0.1) is 0 Å². The number of para-hydroxylation sites is 1. The quantitative estimate of drug-likeness (QED) is 0.674. The highest BCUT2D eigenvalue weighted by molar-refractivity contribution is 5.78. The zero-order valence-corrected chi connectivity index (χ0v) is 16.6. The number of carbonyl (C=O) groups excluding carboxylic acids is 1. The number of anilines is 1. The van der Waals surface area contributed by atoms with Gasteiger partial charge in [0.1, 0.15) is 5.82 Å². The van der Waals surface area contributed by atoms with Crippen LogP contribution in [0.15, 0.2) is 73.1 Å². The Morgan fingerprint density at radius 2 is 1.62 bits per heavy atom. The van der Waals surface area contributed by atoms with Crippen molar-refractivity contribution in [1.82, 2.24) is 19.8 Å². The third kappa shape index (κ3) is 5.03. The van der Waals surface area contributed by atoms with Crippen LogP contribution in [-0.4, -0.2) is 53.1 Å². The molecule has 0 aliphatic carbocycles. The van der Waals surface area contributed by atoms with E-state index in [1.807, 2.05) is 41.6 Å². The number of imidazole rings is 1. The lowest BCUT2D eigenvalue weighted by atomic mass is 10.2. The highest BCUT2D eigenvalue weighted by atomic mass is 16.2. The van der Waals surface area contributed by atoms with Crippen LogP contribution in [0.1, 0.15) is 11.4 Å². The van der Waals surface area contributed by atoms with Crippen molar-refractivity contribution in [2.75, 3.05) is 37.6 Å². The summed E-state index contributed by atoms with van der Waals surface area (Å²) in [6.45, 7) is 4.97. The molecule has 1 aliphatic heterocycles. The first-order valence-corrected chi connectivity index (χ1v) is 10.1. The predicted molar refractivity (Wildman–Crippen MR) is 115 cm³/mol. The molecule has 1 fully saturated rings. The second kappa shape index (κ2) is 9.39. The number of benzene rings is 2. The number of hydrogen-bond donors (Lipinski definition) is 1. The number of amides is 1. The van der Waals surface area contributed by atoms with Crippen molar-refractivity contribution in [2.45, 2.75) is 13.1 Å². The number of rotatable bonds is 7. The van der Waals surface area contributed by atoms with Gasteiger partial charge in [-0.2, -0.15) is 0 Å². The number of carbonyl (C=O) groups is 1. The van der Waals surface area contributed by atoms with Gasteiger partial charge in [0, 0.05) is 50.8 Å². The Bertz CT molecular complexity index is 901. The molecule has 150 valence electrons. The maximum absolute atomic E-state index is 12.6. The summed E-state index contributed by atoms with van der Waals surface area (Å²) in [4.78, 5) is 21.3. The molecular formula is C23H27N5O. The van der Waals surface area contributed by atoms with Crippen LogP contribution in [0.25, 0.3) is 0 Å². The number of nitrogens with zero attached hydrogens (tertiary/aromatic N) is 4. The number of hydrogen-bond acceptors (Lipinski definition) is 4. The van der Waals surface area contributed by atoms with Crippen LogP contribution in [0.2, 0.25) is 0 Å². The minimum Gasteiger partial charge on any atom is -0.368 e. The molecule has 1 aromatic heterocycles. The van der Waals surface area contributed by atoms with Crippen molar-refractivity contribution in [1.29, 1.82) is 0 Å². The second-order valence-corrected chi connectivity index (χ2v) is 7.26. The molecule has 0 saturated carbocycles. The summed E-state index contributed by atoms with van der Waals surface area (Å²) in [5.41, 5.74) is 2.46. The van der Waals surface area contributed by atoms with Crippen LogP contribution in [-0.2, 0) is 17.9 Å². The highest BCUT2D eigenvalue weighted by Crippen LogP contribution is 2.15. The van der Waals surface area contributed by atoms with Crippen molar-refractivity contribution < 1.29 is 4.79 Å². The fraction of sp³-hybridized carbons (Fsp3) is 0.304. The van der Waals surface area contributed by atoms with Crippen molar-refractivity contribution in [3.05, 3.63) is 84.4 Å². The Morgan fingerprint density at radius 3 is 2.34 bits per heavy atom. The van der Waals surface area contributed by atoms with Crippen molar-refractivity contribution in [3.8, 4) is 0 Å². The van der Waals surface area contributed by atoms with E-state index in [-0.39, 0.29) is 5.91 Å². The topological polar surface area (TPSA) is 53.4 Å².